The Morgan fingerprint density at radius 3 is 2.88 bits per heavy atom. The van der Waals surface area contributed by atoms with Crippen molar-refractivity contribution in [1.29, 1.82) is 0 Å². The van der Waals surface area contributed by atoms with Crippen LogP contribution in [0.2, 0.25) is 0 Å². The molecule has 0 fully saturated rings. The Kier molecular flexibility index (Phi) is 5.66. The van der Waals surface area contributed by atoms with Crippen molar-refractivity contribution in [2.45, 2.75) is 26.4 Å². The van der Waals surface area contributed by atoms with Crippen molar-refractivity contribution in [2.75, 3.05) is 13.1 Å². The molecule has 0 amide bonds. The van der Waals surface area contributed by atoms with E-state index in [0.717, 1.165) is 37.8 Å². The van der Waals surface area contributed by atoms with Crippen molar-refractivity contribution < 1.29 is 0 Å². The lowest BCUT2D eigenvalue weighted by Crippen LogP contribution is -2.38. The number of nitrogens with one attached hydrogen (secondary N) is 2. The predicted molar refractivity (Wildman–Crippen MR) is 100 cm³/mol. The molecule has 0 aliphatic heterocycles. The molecule has 0 saturated heterocycles. The number of rotatable bonds is 7. The average Bonchev–Trinajstić information content (AvgIpc) is 3.22. The number of hydrogen-bond donors (Lipinski definition) is 2. The molecule has 3 rings (SSSR count). The van der Waals surface area contributed by atoms with E-state index in [0.29, 0.717) is 6.54 Å². The van der Waals surface area contributed by atoms with Gasteiger partial charge in [0.2, 0.25) is 0 Å². The molecule has 0 spiro atoms. The molecule has 2 N–H and O–H groups in total. The van der Waals surface area contributed by atoms with Gasteiger partial charge < -0.3 is 15.2 Å². The molecule has 3 aromatic rings. The minimum absolute atomic E-state index is 0.508. The molecule has 0 saturated carbocycles. The molecule has 132 valence electrons. The summed E-state index contributed by atoms with van der Waals surface area (Å²) in [5.74, 6) is 1.65. The van der Waals surface area contributed by atoms with Gasteiger partial charge in [0.15, 0.2) is 5.96 Å². The van der Waals surface area contributed by atoms with Crippen molar-refractivity contribution in [1.82, 2.24) is 30.0 Å². The fourth-order valence-electron chi connectivity index (χ4n) is 2.75. The first-order chi connectivity index (χ1) is 12.3. The van der Waals surface area contributed by atoms with Crippen LogP contribution >= 0.6 is 0 Å². The SMILES string of the molecule is CCNC(=NCc1ncnn1C)NCCCn1ccc2ccccc21. The summed E-state index contributed by atoms with van der Waals surface area (Å²) in [5, 5.41) is 12.0. The molecular formula is C18H25N7. The Labute approximate surface area is 147 Å². The average molecular weight is 339 g/mol. The van der Waals surface area contributed by atoms with E-state index < -0.39 is 0 Å². The third kappa shape index (κ3) is 4.37. The first-order valence-electron chi connectivity index (χ1n) is 8.67. The van der Waals surface area contributed by atoms with Gasteiger partial charge in [-0.15, -0.1) is 0 Å². The molecule has 0 unspecified atom stereocenters. The van der Waals surface area contributed by atoms with Crippen molar-refractivity contribution in [3.05, 3.63) is 48.7 Å². The molecule has 2 aromatic heterocycles. The van der Waals surface area contributed by atoms with E-state index in [1.54, 1.807) is 11.0 Å². The highest BCUT2D eigenvalue weighted by Gasteiger charge is 2.02. The number of aliphatic imine (C=N–C) groups is 1. The predicted octanol–water partition coefficient (Wildman–Crippen LogP) is 1.92. The molecule has 1 aromatic carbocycles. The Balaban J connectivity index is 1.50. The molecule has 0 atom stereocenters. The minimum Gasteiger partial charge on any atom is -0.357 e. The van der Waals surface area contributed by atoms with E-state index in [1.165, 1.54) is 10.9 Å². The van der Waals surface area contributed by atoms with Crippen LogP contribution in [-0.4, -0.2) is 38.4 Å². The standard InChI is InChI=1S/C18H25N7/c1-3-19-18(21-13-17-22-14-23-24(17)2)20-10-6-11-25-12-9-15-7-4-5-8-16(15)25/h4-5,7-9,12,14H,3,6,10-11,13H2,1-2H3,(H2,19,20,21). The lowest BCUT2D eigenvalue weighted by Gasteiger charge is -2.12. The van der Waals surface area contributed by atoms with Crippen LogP contribution in [0.15, 0.2) is 47.8 Å². The Bertz CT molecular complexity index is 831. The van der Waals surface area contributed by atoms with Gasteiger partial charge in [-0.2, -0.15) is 5.10 Å². The van der Waals surface area contributed by atoms with Crippen LogP contribution in [0.4, 0.5) is 0 Å². The van der Waals surface area contributed by atoms with E-state index in [4.69, 9.17) is 0 Å². The molecule has 7 nitrogen and oxygen atoms in total. The second-order valence-corrected chi connectivity index (χ2v) is 5.84. The van der Waals surface area contributed by atoms with Gasteiger partial charge in [0.1, 0.15) is 18.7 Å². The lowest BCUT2D eigenvalue weighted by molar-refractivity contribution is 0.639. The number of nitrogens with zero attached hydrogens (tertiary/aromatic N) is 5. The Hall–Kier alpha value is -2.83. The van der Waals surface area contributed by atoms with Crippen LogP contribution in [0.5, 0.6) is 0 Å². The maximum atomic E-state index is 4.57. The van der Waals surface area contributed by atoms with Gasteiger partial charge in [0, 0.05) is 38.4 Å². The summed E-state index contributed by atoms with van der Waals surface area (Å²) in [4.78, 5) is 8.76. The molecule has 25 heavy (non-hydrogen) atoms. The second-order valence-electron chi connectivity index (χ2n) is 5.84. The number of hydrogen-bond acceptors (Lipinski definition) is 3. The minimum atomic E-state index is 0.508. The maximum absolute atomic E-state index is 4.57. The molecule has 0 aliphatic carbocycles. The van der Waals surface area contributed by atoms with Gasteiger partial charge in [-0.1, -0.05) is 18.2 Å². The lowest BCUT2D eigenvalue weighted by atomic mass is 10.2. The molecule has 2 heterocycles. The smallest absolute Gasteiger partial charge is 0.191 e. The van der Waals surface area contributed by atoms with Gasteiger partial charge in [-0.3, -0.25) is 4.68 Å². The fraction of sp³-hybridized carbons (Fsp3) is 0.389. The number of guanidine groups is 1. The van der Waals surface area contributed by atoms with E-state index in [1.807, 2.05) is 7.05 Å². The molecule has 0 aliphatic rings. The van der Waals surface area contributed by atoms with Crippen LogP contribution in [0.3, 0.4) is 0 Å². The number of benzene rings is 1. The van der Waals surface area contributed by atoms with Crippen molar-refractivity contribution in [2.24, 2.45) is 12.0 Å². The molecular weight excluding hydrogens is 314 g/mol. The molecule has 0 bridgehead atoms. The number of aromatic nitrogens is 4. The third-order valence-electron chi connectivity index (χ3n) is 4.08. The number of fused-ring (bicyclic) bond motifs is 1. The van der Waals surface area contributed by atoms with Gasteiger partial charge in [-0.25, -0.2) is 9.98 Å². The van der Waals surface area contributed by atoms with Crippen LogP contribution in [0.1, 0.15) is 19.2 Å². The van der Waals surface area contributed by atoms with Gasteiger partial charge >= 0.3 is 0 Å². The van der Waals surface area contributed by atoms with Crippen LogP contribution in [0.25, 0.3) is 10.9 Å². The maximum Gasteiger partial charge on any atom is 0.191 e. The van der Waals surface area contributed by atoms with E-state index in [-0.39, 0.29) is 0 Å². The van der Waals surface area contributed by atoms with E-state index in [2.05, 4.69) is 73.7 Å². The monoisotopic (exact) mass is 339 g/mol. The van der Waals surface area contributed by atoms with Crippen molar-refractivity contribution >= 4 is 16.9 Å². The molecule has 0 radical (unpaired) electrons. The van der Waals surface area contributed by atoms with Crippen LogP contribution in [0, 0.1) is 0 Å². The zero-order valence-corrected chi connectivity index (χ0v) is 14.8. The second kappa shape index (κ2) is 8.32. The summed E-state index contributed by atoms with van der Waals surface area (Å²) in [6, 6.07) is 10.6. The Morgan fingerprint density at radius 1 is 1.20 bits per heavy atom. The summed E-state index contributed by atoms with van der Waals surface area (Å²) >= 11 is 0. The topological polar surface area (TPSA) is 72.1 Å². The van der Waals surface area contributed by atoms with E-state index in [9.17, 15) is 0 Å². The number of para-hydroxylation sites is 1. The van der Waals surface area contributed by atoms with Gasteiger partial charge in [0.25, 0.3) is 0 Å². The van der Waals surface area contributed by atoms with Crippen molar-refractivity contribution in [3.8, 4) is 0 Å². The highest BCUT2D eigenvalue weighted by Crippen LogP contribution is 2.15. The summed E-state index contributed by atoms with van der Waals surface area (Å²) in [7, 11) is 1.87. The fourth-order valence-corrected chi connectivity index (χ4v) is 2.75. The summed E-state index contributed by atoms with van der Waals surface area (Å²) < 4.78 is 4.03. The Morgan fingerprint density at radius 2 is 2.08 bits per heavy atom. The van der Waals surface area contributed by atoms with Crippen LogP contribution in [-0.2, 0) is 20.1 Å². The number of aryl methyl sites for hydroxylation is 2. The summed E-state index contributed by atoms with van der Waals surface area (Å²) in [6.07, 6.45) is 4.72. The normalized spacial score (nSPS) is 11.8. The third-order valence-corrected chi connectivity index (χ3v) is 4.08. The zero-order chi connectivity index (χ0) is 17.5. The summed E-state index contributed by atoms with van der Waals surface area (Å²) in [6.45, 7) is 5.23. The molecule has 7 heteroatoms. The van der Waals surface area contributed by atoms with Gasteiger partial charge in [-0.05, 0) is 30.9 Å². The first-order valence-corrected chi connectivity index (χ1v) is 8.67. The first kappa shape index (κ1) is 17.0. The zero-order valence-electron chi connectivity index (χ0n) is 14.8. The summed E-state index contributed by atoms with van der Waals surface area (Å²) in [5.41, 5.74) is 1.28. The highest BCUT2D eigenvalue weighted by molar-refractivity contribution is 5.80. The highest BCUT2D eigenvalue weighted by atomic mass is 15.3. The van der Waals surface area contributed by atoms with Crippen LogP contribution < -0.4 is 10.6 Å². The van der Waals surface area contributed by atoms with Crippen molar-refractivity contribution in [3.63, 3.8) is 0 Å². The van der Waals surface area contributed by atoms with Gasteiger partial charge in [0.05, 0.1) is 0 Å². The quantitative estimate of drug-likeness (QED) is 0.392. The van der Waals surface area contributed by atoms with E-state index >= 15 is 0 Å². The largest absolute Gasteiger partial charge is 0.357 e.